The molecule has 0 fully saturated rings. The molecule has 0 bridgehead atoms. The number of amides is 1. The van der Waals surface area contributed by atoms with Crippen LogP contribution in [0.1, 0.15) is 57.7 Å². The average molecular weight is 479 g/mol. The Balaban J connectivity index is 0.000000414. The first-order chi connectivity index (χ1) is 16.7. The Morgan fingerprint density at radius 3 is 2.43 bits per heavy atom. The van der Waals surface area contributed by atoms with Crippen LogP contribution < -0.4 is 10.5 Å². The number of hydrogen-bond acceptors (Lipinski definition) is 7. The predicted octanol–water partition coefficient (Wildman–Crippen LogP) is 5.92. The molecule has 1 heterocycles. The maximum atomic E-state index is 9.40. The molecular formula is C27H34N4O4. The van der Waals surface area contributed by atoms with Crippen molar-refractivity contribution in [3.63, 3.8) is 0 Å². The number of hydrogen-bond donors (Lipinski definition) is 1. The molecule has 2 N–H and O–H groups in total. The maximum Gasteiger partial charge on any atom is 0.404 e. The maximum absolute atomic E-state index is 9.40. The fourth-order valence-corrected chi connectivity index (χ4v) is 3.39. The van der Waals surface area contributed by atoms with Gasteiger partial charge in [0.05, 0.1) is 18.8 Å². The van der Waals surface area contributed by atoms with Crippen molar-refractivity contribution in [3.8, 4) is 34.7 Å². The van der Waals surface area contributed by atoms with Crippen molar-refractivity contribution in [1.29, 1.82) is 5.26 Å². The molecule has 8 nitrogen and oxygen atoms in total. The quantitative estimate of drug-likeness (QED) is 0.493. The number of carbonyl (C=O) groups excluding carboxylic acids is 1. The average Bonchev–Trinajstić information content (AvgIpc) is 3.49. The number of benzene rings is 2. The van der Waals surface area contributed by atoms with Gasteiger partial charge in [0.25, 0.3) is 5.89 Å². The van der Waals surface area contributed by atoms with E-state index in [9.17, 15) is 10.1 Å². The van der Waals surface area contributed by atoms with Crippen LogP contribution >= 0.6 is 0 Å². The largest absolute Gasteiger partial charge is 0.490 e. The molecule has 0 unspecified atom stereocenters. The van der Waals surface area contributed by atoms with Gasteiger partial charge in [0.1, 0.15) is 11.8 Å². The van der Waals surface area contributed by atoms with E-state index in [1.54, 1.807) is 12.1 Å². The van der Waals surface area contributed by atoms with Crippen molar-refractivity contribution in [2.75, 3.05) is 7.11 Å². The zero-order chi connectivity index (χ0) is 26.0. The number of fused-ring (bicyclic) bond motifs is 1. The number of methoxy groups -OCH3 is 1. The summed E-state index contributed by atoms with van der Waals surface area (Å²) in [6, 6.07) is 13.8. The highest BCUT2D eigenvalue weighted by Gasteiger charge is 2.20. The highest BCUT2D eigenvalue weighted by Crippen LogP contribution is 2.32. The molecule has 0 atom stereocenters. The van der Waals surface area contributed by atoms with E-state index in [1.807, 2.05) is 32.0 Å². The van der Waals surface area contributed by atoms with Crippen LogP contribution in [0, 0.1) is 17.2 Å². The molecule has 1 aromatic heterocycles. The summed E-state index contributed by atoms with van der Waals surface area (Å²) in [7, 11) is 1.22. The van der Waals surface area contributed by atoms with Crippen LogP contribution in [0.5, 0.6) is 5.75 Å². The Kier molecular flexibility index (Phi) is 10.3. The lowest BCUT2D eigenvalue weighted by atomic mass is 10.0. The Morgan fingerprint density at radius 1 is 1.14 bits per heavy atom. The lowest BCUT2D eigenvalue weighted by Gasteiger charge is -2.11. The molecule has 0 saturated heterocycles. The second-order valence-electron chi connectivity index (χ2n) is 8.96. The molecule has 4 rings (SSSR count). The van der Waals surface area contributed by atoms with Crippen LogP contribution in [0.4, 0.5) is 4.79 Å². The normalized spacial score (nSPS) is 11.5. The van der Waals surface area contributed by atoms with E-state index < -0.39 is 6.09 Å². The molecule has 0 aliphatic heterocycles. The van der Waals surface area contributed by atoms with Crippen molar-refractivity contribution < 1.29 is 18.8 Å². The minimum absolute atomic E-state index is 0.00290. The first-order valence-electron chi connectivity index (χ1n) is 11.7. The first kappa shape index (κ1) is 27.4. The molecule has 1 aliphatic carbocycles. The van der Waals surface area contributed by atoms with E-state index in [4.69, 9.17) is 9.26 Å². The van der Waals surface area contributed by atoms with Crippen LogP contribution in [0.25, 0.3) is 22.8 Å². The third-order valence-electron chi connectivity index (χ3n) is 4.72. The summed E-state index contributed by atoms with van der Waals surface area (Å²) in [6.45, 7) is 10.4. The molecule has 1 amide bonds. The van der Waals surface area contributed by atoms with Gasteiger partial charge >= 0.3 is 6.09 Å². The number of ether oxygens (including phenoxy) is 2. The molecule has 2 aromatic carbocycles. The van der Waals surface area contributed by atoms with Crippen LogP contribution in [0.3, 0.4) is 0 Å². The van der Waals surface area contributed by atoms with Crippen molar-refractivity contribution >= 4 is 6.09 Å². The summed E-state index contributed by atoms with van der Waals surface area (Å²) in [4.78, 5) is 13.9. The fourth-order valence-electron chi connectivity index (χ4n) is 3.39. The van der Waals surface area contributed by atoms with E-state index in [0.717, 1.165) is 24.3 Å². The number of nitrogens with zero attached hydrogens (tertiary/aromatic N) is 3. The van der Waals surface area contributed by atoms with E-state index in [1.165, 1.54) is 24.7 Å². The van der Waals surface area contributed by atoms with Crippen molar-refractivity contribution in [2.45, 2.75) is 60.0 Å². The Hall–Kier alpha value is -3.86. The summed E-state index contributed by atoms with van der Waals surface area (Å²) in [5.74, 6) is 2.40. The molecule has 35 heavy (non-hydrogen) atoms. The molecule has 0 saturated carbocycles. The molecule has 0 spiro atoms. The monoisotopic (exact) mass is 478 g/mol. The van der Waals surface area contributed by atoms with Gasteiger partial charge in [-0.15, -0.1) is 0 Å². The van der Waals surface area contributed by atoms with Gasteiger partial charge in [0.2, 0.25) is 5.82 Å². The number of rotatable bonds is 4. The fraction of sp³-hybridized carbons (Fsp3) is 0.407. The van der Waals surface area contributed by atoms with Gasteiger partial charge < -0.3 is 19.7 Å². The standard InChI is InChI=1S/C21H19N3O2.C4H10.C2H5NO2/c1-13(2)25-19-10-9-15(11-16(19)12-22)21-23-20(24-26-21)18-8-4-6-14-5-3-7-17(14)18;1-4(2)3;1-5-2(3)4/h4,6,8-11,13H,3,5,7H2,1-2H3;4H,1-3H3;1H3,(H2,3,4). The zero-order valence-electron chi connectivity index (χ0n) is 21.3. The number of primary amides is 1. The van der Waals surface area contributed by atoms with Gasteiger partial charge in [0, 0.05) is 11.1 Å². The van der Waals surface area contributed by atoms with Crippen LogP contribution in [-0.2, 0) is 17.6 Å². The van der Waals surface area contributed by atoms with Crippen LogP contribution in [-0.4, -0.2) is 29.4 Å². The Morgan fingerprint density at radius 2 is 1.83 bits per heavy atom. The third kappa shape index (κ3) is 8.14. The van der Waals surface area contributed by atoms with Gasteiger partial charge in [-0.05, 0) is 68.4 Å². The highest BCUT2D eigenvalue weighted by molar-refractivity contribution is 5.66. The van der Waals surface area contributed by atoms with E-state index in [0.29, 0.717) is 28.6 Å². The van der Waals surface area contributed by atoms with Crippen molar-refractivity contribution in [2.24, 2.45) is 11.7 Å². The highest BCUT2D eigenvalue weighted by atomic mass is 16.5. The van der Waals surface area contributed by atoms with Gasteiger partial charge in [-0.2, -0.15) is 10.2 Å². The van der Waals surface area contributed by atoms with Crippen LogP contribution in [0.15, 0.2) is 40.9 Å². The first-order valence-corrected chi connectivity index (χ1v) is 11.7. The Labute approximate surface area is 207 Å². The summed E-state index contributed by atoms with van der Waals surface area (Å²) in [5.41, 5.74) is 9.32. The smallest absolute Gasteiger partial charge is 0.404 e. The summed E-state index contributed by atoms with van der Waals surface area (Å²) in [5, 5.41) is 13.6. The van der Waals surface area contributed by atoms with E-state index in [-0.39, 0.29) is 6.10 Å². The van der Waals surface area contributed by atoms with E-state index in [2.05, 4.69) is 53.5 Å². The third-order valence-corrected chi connectivity index (χ3v) is 4.72. The second-order valence-corrected chi connectivity index (χ2v) is 8.96. The number of aromatic nitrogens is 2. The van der Waals surface area contributed by atoms with Crippen molar-refractivity contribution in [1.82, 2.24) is 10.1 Å². The number of aryl methyl sites for hydroxylation is 1. The molecule has 1 aliphatic rings. The lowest BCUT2D eigenvalue weighted by molar-refractivity contribution is 0.182. The summed E-state index contributed by atoms with van der Waals surface area (Å²) >= 11 is 0. The molecular weight excluding hydrogens is 444 g/mol. The van der Waals surface area contributed by atoms with Gasteiger partial charge in [-0.3, -0.25) is 0 Å². The molecule has 8 heteroatoms. The minimum Gasteiger partial charge on any atom is -0.490 e. The van der Waals surface area contributed by atoms with Crippen LogP contribution in [0.2, 0.25) is 0 Å². The number of carbonyl (C=O) groups is 1. The summed E-state index contributed by atoms with van der Waals surface area (Å²) < 4.78 is 15.0. The molecule has 0 radical (unpaired) electrons. The summed E-state index contributed by atoms with van der Waals surface area (Å²) in [6.07, 6.45) is 2.58. The van der Waals surface area contributed by atoms with Gasteiger partial charge in [-0.1, -0.05) is 44.1 Å². The van der Waals surface area contributed by atoms with E-state index >= 15 is 0 Å². The Bertz CT molecular complexity index is 1160. The molecule has 3 aromatic rings. The number of nitriles is 1. The zero-order valence-corrected chi connectivity index (χ0v) is 21.3. The van der Waals surface area contributed by atoms with Gasteiger partial charge in [-0.25, -0.2) is 4.79 Å². The minimum atomic E-state index is -0.745. The lowest BCUT2D eigenvalue weighted by Crippen LogP contribution is -2.08. The number of nitrogens with two attached hydrogens (primary N) is 1. The molecule has 186 valence electrons. The predicted molar refractivity (Wildman–Crippen MR) is 135 cm³/mol. The van der Waals surface area contributed by atoms with Crippen molar-refractivity contribution in [3.05, 3.63) is 53.1 Å². The SMILES string of the molecule is CC(C)C.CC(C)Oc1ccc(-c2nc(-c3cccc4c3CCC4)no2)cc1C#N.COC(N)=O. The topological polar surface area (TPSA) is 124 Å². The van der Waals surface area contributed by atoms with Gasteiger partial charge in [0.15, 0.2) is 0 Å². The second kappa shape index (κ2) is 13.1.